The Morgan fingerprint density at radius 3 is 2.48 bits per heavy atom. The fraction of sp³-hybridized carbons (Fsp3) is 0.167. The molecule has 0 amide bonds. The Morgan fingerprint density at radius 1 is 1.43 bits per heavy atom. The molecule has 9 heteroatoms. The molecule has 0 aromatic carbocycles. The molecule has 0 bridgehead atoms. The summed E-state index contributed by atoms with van der Waals surface area (Å²) in [6.45, 7) is 1.89. The number of halogens is 3. The van der Waals surface area contributed by atoms with Crippen molar-refractivity contribution >= 4 is 5.97 Å². The highest BCUT2D eigenvalue weighted by atomic mass is 19.4. The van der Waals surface area contributed by atoms with Gasteiger partial charge in [0, 0.05) is 24.8 Å². The fourth-order valence-electron chi connectivity index (χ4n) is 1.32. The van der Waals surface area contributed by atoms with Gasteiger partial charge in [-0.05, 0) is 13.0 Å². The number of hydrogen-bond donors (Lipinski definition) is 1. The molecule has 2 rings (SSSR count). The third-order valence-corrected chi connectivity index (χ3v) is 2.25. The minimum absolute atomic E-state index is 0.550. The van der Waals surface area contributed by atoms with Crippen molar-refractivity contribution in [2.24, 2.45) is 0 Å². The molecule has 0 spiro atoms. The zero-order valence-corrected chi connectivity index (χ0v) is 10.7. The lowest BCUT2D eigenvalue weighted by molar-refractivity contribution is -0.192. The third-order valence-electron chi connectivity index (χ3n) is 2.25. The molecular weight excluding hydrogens is 289 g/mol. The SMILES string of the molecule is Cc1nccn1-c1ccncc1C#N.O=C(O)C(F)(F)F. The van der Waals surface area contributed by atoms with E-state index < -0.39 is 12.1 Å². The van der Waals surface area contributed by atoms with Gasteiger partial charge >= 0.3 is 12.1 Å². The first-order valence-electron chi connectivity index (χ1n) is 5.42. The molecule has 110 valence electrons. The first-order chi connectivity index (χ1) is 9.77. The third kappa shape index (κ3) is 4.31. The minimum atomic E-state index is -5.08. The van der Waals surface area contributed by atoms with Gasteiger partial charge in [0.2, 0.25) is 0 Å². The first-order valence-corrected chi connectivity index (χ1v) is 5.42. The van der Waals surface area contributed by atoms with Crippen LogP contribution in [0, 0.1) is 18.3 Å². The summed E-state index contributed by atoms with van der Waals surface area (Å²) in [6.07, 6.45) is 1.66. The Balaban J connectivity index is 0.000000270. The van der Waals surface area contributed by atoms with Crippen molar-refractivity contribution < 1.29 is 23.1 Å². The molecule has 2 aromatic heterocycles. The number of aryl methyl sites for hydroxylation is 1. The van der Waals surface area contributed by atoms with E-state index in [0.717, 1.165) is 11.5 Å². The van der Waals surface area contributed by atoms with Gasteiger partial charge in [0.05, 0.1) is 11.3 Å². The van der Waals surface area contributed by atoms with Gasteiger partial charge in [-0.3, -0.25) is 4.98 Å². The number of alkyl halides is 3. The summed E-state index contributed by atoms with van der Waals surface area (Å²) in [6, 6.07) is 3.90. The van der Waals surface area contributed by atoms with Crippen LogP contribution in [0.15, 0.2) is 30.9 Å². The number of carboxylic acids is 1. The number of aromatic nitrogens is 3. The number of nitrogens with zero attached hydrogens (tertiary/aromatic N) is 4. The van der Waals surface area contributed by atoms with Crippen molar-refractivity contribution in [3.8, 4) is 11.8 Å². The lowest BCUT2D eigenvalue weighted by atomic mass is 10.2. The Labute approximate surface area is 117 Å². The maximum absolute atomic E-state index is 10.6. The van der Waals surface area contributed by atoms with Crippen molar-refractivity contribution in [1.29, 1.82) is 5.26 Å². The van der Waals surface area contributed by atoms with Crippen molar-refractivity contribution in [2.75, 3.05) is 0 Å². The van der Waals surface area contributed by atoms with Crippen molar-refractivity contribution in [2.45, 2.75) is 13.1 Å². The summed E-state index contributed by atoms with van der Waals surface area (Å²) in [5, 5.41) is 16.0. The van der Waals surface area contributed by atoms with Crippen LogP contribution >= 0.6 is 0 Å². The molecule has 0 saturated heterocycles. The molecule has 0 unspecified atom stereocenters. The smallest absolute Gasteiger partial charge is 0.475 e. The van der Waals surface area contributed by atoms with Gasteiger partial charge in [-0.1, -0.05) is 0 Å². The van der Waals surface area contributed by atoms with Gasteiger partial charge in [0.15, 0.2) is 0 Å². The van der Waals surface area contributed by atoms with Crippen LogP contribution in [0.3, 0.4) is 0 Å². The molecule has 0 aliphatic rings. The molecule has 21 heavy (non-hydrogen) atoms. The minimum Gasteiger partial charge on any atom is -0.475 e. The average Bonchev–Trinajstić information content (AvgIpc) is 2.84. The molecule has 0 fully saturated rings. The van der Waals surface area contributed by atoms with E-state index in [1.54, 1.807) is 24.7 Å². The first kappa shape index (κ1) is 16.2. The maximum Gasteiger partial charge on any atom is 0.490 e. The summed E-state index contributed by atoms with van der Waals surface area (Å²) in [5.74, 6) is -1.90. The quantitative estimate of drug-likeness (QED) is 0.870. The number of aliphatic carboxylic acids is 1. The van der Waals surface area contributed by atoms with Crippen LogP contribution in [-0.4, -0.2) is 31.8 Å². The van der Waals surface area contributed by atoms with E-state index in [1.807, 2.05) is 17.7 Å². The molecule has 6 nitrogen and oxygen atoms in total. The second-order valence-corrected chi connectivity index (χ2v) is 3.65. The second kappa shape index (κ2) is 6.51. The predicted octanol–water partition coefficient (Wildman–Crippen LogP) is 2.08. The van der Waals surface area contributed by atoms with E-state index in [0.29, 0.717) is 5.56 Å². The lowest BCUT2D eigenvalue weighted by Gasteiger charge is -2.05. The van der Waals surface area contributed by atoms with Crippen molar-refractivity contribution in [1.82, 2.24) is 14.5 Å². The second-order valence-electron chi connectivity index (χ2n) is 3.65. The summed E-state index contributed by atoms with van der Waals surface area (Å²) in [5.41, 5.74) is 1.37. The van der Waals surface area contributed by atoms with Crippen LogP contribution < -0.4 is 0 Å². The molecule has 2 heterocycles. The summed E-state index contributed by atoms with van der Waals surface area (Å²) >= 11 is 0. The van der Waals surface area contributed by atoms with Crippen molar-refractivity contribution in [3.63, 3.8) is 0 Å². The van der Waals surface area contributed by atoms with Crippen LogP contribution in [0.5, 0.6) is 0 Å². The van der Waals surface area contributed by atoms with Crippen LogP contribution in [0.25, 0.3) is 5.69 Å². The van der Waals surface area contributed by atoms with Gasteiger partial charge in [-0.25, -0.2) is 9.78 Å². The Hall–Kier alpha value is -2.89. The molecule has 0 atom stereocenters. The van der Waals surface area contributed by atoms with Gasteiger partial charge < -0.3 is 9.67 Å². The molecule has 0 saturated carbocycles. The molecule has 0 aliphatic heterocycles. The predicted molar refractivity (Wildman–Crippen MR) is 64.5 cm³/mol. The van der Waals surface area contributed by atoms with Crippen LogP contribution in [0.2, 0.25) is 0 Å². The normalized spacial score (nSPS) is 10.2. The van der Waals surface area contributed by atoms with Crippen LogP contribution in [0.1, 0.15) is 11.4 Å². The maximum atomic E-state index is 10.6. The molecular formula is C12H9F3N4O2. The largest absolute Gasteiger partial charge is 0.490 e. The van der Waals surface area contributed by atoms with E-state index in [9.17, 15) is 13.2 Å². The molecule has 1 N–H and O–H groups in total. The van der Waals surface area contributed by atoms with Gasteiger partial charge in [-0.2, -0.15) is 18.4 Å². The number of pyridine rings is 1. The average molecular weight is 298 g/mol. The number of nitriles is 1. The number of rotatable bonds is 1. The van der Waals surface area contributed by atoms with Gasteiger partial charge in [0.25, 0.3) is 0 Å². The van der Waals surface area contributed by atoms with E-state index in [2.05, 4.69) is 16.0 Å². The Morgan fingerprint density at radius 2 is 2.05 bits per heavy atom. The lowest BCUT2D eigenvalue weighted by Crippen LogP contribution is -2.21. The zero-order valence-electron chi connectivity index (χ0n) is 10.7. The molecule has 0 aliphatic carbocycles. The zero-order chi connectivity index (χ0) is 16.0. The summed E-state index contributed by atoms with van der Waals surface area (Å²) < 4.78 is 33.6. The highest BCUT2D eigenvalue weighted by Gasteiger charge is 2.38. The Kier molecular flexibility index (Phi) is 5.01. The number of carboxylic acid groups (broad SMARTS) is 1. The topological polar surface area (TPSA) is 91.8 Å². The van der Waals surface area contributed by atoms with Crippen LogP contribution in [-0.2, 0) is 4.79 Å². The van der Waals surface area contributed by atoms with Gasteiger partial charge in [0.1, 0.15) is 11.9 Å². The number of imidazole rings is 1. The summed E-state index contributed by atoms with van der Waals surface area (Å²) in [7, 11) is 0. The molecule has 0 radical (unpaired) electrons. The van der Waals surface area contributed by atoms with Crippen molar-refractivity contribution in [3.05, 3.63) is 42.2 Å². The van der Waals surface area contributed by atoms with Gasteiger partial charge in [-0.15, -0.1) is 0 Å². The standard InChI is InChI=1S/C10H8N4.C2HF3O2/c1-8-13-4-5-14(8)10-2-3-12-7-9(10)6-11;3-2(4,5)1(6)7/h2-5,7H,1H3;(H,6,7). The highest BCUT2D eigenvalue weighted by Crippen LogP contribution is 2.14. The fourth-order valence-corrected chi connectivity index (χ4v) is 1.32. The van der Waals surface area contributed by atoms with E-state index in [-0.39, 0.29) is 0 Å². The monoisotopic (exact) mass is 298 g/mol. The van der Waals surface area contributed by atoms with E-state index in [1.165, 1.54) is 0 Å². The van der Waals surface area contributed by atoms with E-state index in [4.69, 9.17) is 15.2 Å². The number of hydrogen-bond acceptors (Lipinski definition) is 4. The van der Waals surface area contributed by atoms with Crippen LogP contribution in [0.4, 0.5) is 13.2 Å². The molecule has 2 aromatic rings. The Bertz CT molecular complexity index is 674. The summed E-state index contributed by atoms with van der Waals surface area (Å²) in [4.78, 5) is 16.9. The number of carbonyl (C=O) groups is 1. The van der Waals surface area contributed by atoms with E-state index >= 15 is 0 Å². The highest BCUT2D eigenvalue weighted by molar-refractivity contribution is 5.73.